The normalized spacial score (nSPS) is 31.3. The van der Waals surface area contributed by atoms with Crippen LogP contribution in [0.1, 0.15) is 12.8 Å². The lowest BCUT2D eigenvalue weighted by molar-refractivity contribution is 0.798. The van der Waals surface area contributed by atoms with E-state index in [1.54, 1.807) is 0 Å². The number of nitrogens with one attached hydrogen (secondary N) is 1. The summed E-state index contributed by atoms with van der Waals surface area (Å²) in [6, 6.07) is 0.737. The number of hydrogen-bond acceptors (Lipinski definition) is 2. The molecule has 3 N–H and O–H groups in total. The molecule has 1 aliphatic heterocycles. The average Bonchev–Trinajstić information content (AvgIpc) is 2.67. The van der Waals surface area contributed by atoms with Crippen LogP contribution in [0, 0.1) is 0 Å². The summed E-state index contributed by atoms with van der Waals surface area (Å²) in [5, 5.41) is 3.22. The minimum atomic E-state index is 0.204. The minimum Gasteiger partial charge on any atom is -0.386 e. The van der Waals surface area contributed by atoms with Gasteiger partial charge in [0.2, 0.25) is 0 Å². The van der Waals surface area contributed by atoms with E-state index in [4.69, 9.17) is 5.73 Å². The Morgan fingerprint density at radius 2 is 2.36 bits per heavy atom. The second-order valence-electron chi connectivity index (χ2n) is 3.10. The Hall–Kier alpha value is -0.830. The molecule has 1 saturated carbocycles. The molecule has 1 atom stereocenters. The van der Waals surface area contributed by atoms with Crippen LogP contribution in [0.4, 0.5) is 0 Å². The van der Waals surface area contributed by atoms with Gasteiger partial charge in [0.05, 0.1) is 12.1 Å². The summed E-state index contributed by atoms with van der Waals surface area (Å²) in [5.41, 5.74) is 5.76. The van der Waals surface area contributed by atoms with Gasteiger partial charge in [0.25, 0.3) is 0 Å². The summed E-state index contributed by atoms with van der Waals surface area (Å²) in [4.78, 5) is 4.35. The molecule has 0 aromatic rings. The van der Waals surface area contributed by atoms with E-state index >= 15 is 0 Å². The predicted octanol–water partition coefficient (Wildman–Crippen LogP) is 0.0340. The summed E-state index contributed by atoms with van der Waals surface area (Å²) < 4.78 is 0. The van der Waals surface area contributed by atoms with Crippen molar-refractivity contribution < 1.29 is 0 Å². The third-order valence-electron chi connectivity index (χ3n) is 1.98. The first-order valence-electron chi connectivity index (χ1n) is 4.09. The predicted molar refractivity (Wildman–Crippen MR) is 45.6 cm³/mol. The maximum atomic E-state index is 5.76. The van der Waals surface area contributed by atoms with Gasteiger partial charge in [0.1, 0.15) is 5.84 Å². The van der Waals surface area contributed by atoms with E-state index in [9.17, 15) is 0 Å². The molecule has 3 heteroatoms. The summed E-state index contributed by atoms with van der Waals surface area (Å²) in [7, 11) is 0. The molecule has 0 bridgehead atoms. The molecule has 2 aliphatic rings. The molecule has 60 valence electrons. The van der Waals surface area contributed by atoms with Crippen LogP contribution in [-0.4, -0.2) is 24.5 Å². The second kappa shape index (κ2) is 2.66. The highest BCUT2D eigenvalue weighted by molar-refractivity contribution is 5.88. The Bertz CT molecular complexity index is 203. The SMILES string of the molecule is NC(=NC1CC1)[C@@H]1C=CCN1. The topological polar surface area (TPSA) is 50.4 Å². The van der Waals surface area contributed by atoms with Gasteiger partial charge in [-0.15, -0.1) is 0 Å². The Kier molecular flexibility index (Phi) is 1.66. The van der Waals surface area contributed by atoms with E-state index in [2.05, 4.69) is 22.5 Å². The van der Waals surface area contributed by atoms with E-state index in [1.807, 2.05) is 0 Å². The van der Waals surface area contributed by atoms with Crippen molar-refractivity contribution in [2.75, 3.05) is 6.54 Å². The van der Waals surface area contributed by atoms with Crippen LogP contribution in [-0.2, 0) is 0 Å². The quantitative estimate of drug-likeness (QED) is 0.332. The molecule has 0 radical (unpaired) electrons. The van der Waals surface area contributed by atoms with E-state index in [1.165, 1.54) is 12.8 Å². The number of rotatable bonds is 2. The molecule has 2 rings (SSSR count). The zero-order valence-electron chi connectivity index (χ0n) is 6.46. The lowest BCUT2D eigenvalue weighted by atomic mass is 10.3. The van der Waals surface area contributed by atoms with Gasteiger partial charge in [0.15, 0.2) is 0 Å². The molecule has 1 aliphatic carbocycles. The molecule has 0 aromatic heterocycles. The molecule has 0 saturated heterocycles. The van der Waals surface area contributed by atoms with Crippen LogP contribution in [0.25, 0.3) is 0 Å². The highest BCUT2D eigenvalue weighted by Gasteiger charge is 2.22. The van der Waals surface area contributed by atoms with Gasteiger partial charge in [0, 0.05) is 6.54 Å². The van der Waals surface area contributed by atoms with Crippen LogP contribution in [0.5, 0.6) is 0 Å². The molecule has 0 amide bonds. The summed E-state index contributed by atoms with van der Waals surface area (Å²) in [5.74, 6) is 0.751. The number of nitrogens with zero attached hydrogens (tertiary/aromatic N) is 1. The lowest BCUT2D eigenvalue weighted by Gasteiger charge is -2.07. The van der Waals surface area contributed by atoms with Crippen molar-refractivity contribution in [2.24, 2.45) is 10.7 Å². The molecule has 11 heavy (non-hydrogen) atoms. The molecule has 0 unspecified atom stereocenters. The lowest BCUT2D eigenvalue weighted by Crippen LogP contribution is -2.37. The largest absolute Gasteiger partial charge is 0.386 e. The first-order valence-corrected chi connectivity index (χ1v) is 4.09. The van der Waals surface area contributed by atoms with Crippen LogP contribution >= 0.6 is 0 Å². The van der Waals surface area contributed by atoms with Crippen molar-refractivity contribution in [3.05, 3.63) is 12.2 Å². The Morgan fingerprint density at radius 3 is 2.91 bits per heavy atom. The molecule has 1 fully saturated rings. The Balaban J connectivity index is 1.96. The highest BCUT2D eigenvalue weighted by atomic mass is 15.0. The highest BCUT2D eigenvalue weighted by Crippen LogP contribution is 2.23. The van der Waals surface area contributed by atoms with Crippen molar-refractivity contribution in [3.63, 3.8) is 0 Å². The van der Waals surface area contributed by atoms with E-state index < -0.39 is 0 Å². The van der Waals surface area contributed by atoms with Crippen molar-refractivity contribution in [2.45, 2.75) is 24.9 Å². The first-order chi connectivity index (χ1) is 5.36. The second-order valence-corrected chi connectivity index (χ2v) is 3.10. The number of nitrogens with two attached hydrogens (primary N) is 1. The van der Waals surface area contributed by atoms with Crippen LogP contribution < -0.4 is 11.1 Å². The zero-order chi connectivity index (χ0) is 7.68. The number of hydrogen-bond donors (Lipinski definition) is 2. The minimum absolute atomic E-state index is 0.204. The van der Waals surface area contributed by atoms with E-state index in [0.717, 1.165) is 12.4 Å². The fourth-order valence-electron chi connectivity index (χ4n) is 1.17. The van der Waals surface area contributed by atoms with Gasteiger partial charge in [-0.1, -0.05) is 12.2 Å². The van der Waals surface area contributed by atoms with Crippen LogP contribution in [0.2, 0.25) is 0 Å². The first kappa shape index (κ1) is 6.85. The standard InChI is InChI=1S/C8H13N3/c9-8(11-6-3-4-6)7-2-1-5-10-7/h1-2,6-7,10H,3-5H2,(H2,9,11)/t7-/m0/s1. The van der Waals surface area contributed by atoms with E-state index in [0.29, 0.717) is 6.04 Å². The van der Waals surface area contributed by atoms with Crippen molar-refractivity contribution in [1.82, 2.24) is 5.32 Å². The van der Waals surface area contributed by atoms with Gasteiger partial charge in [-0.25, -0.2) is 0 Å². The summed E-state index contributed by atoms with van der Waals surface area (Å²) in [6.45, 7) is 0.922. The molecule has 3 nitrogen and oxygen atoms in total. The van der Waals surface area contributed by atoms with Crippen molar-refractivity contribution >= 4 is 5.84 Å². The molecular weight excluding hydrogens is 138 g/mol. The van der Waals surface area contributed by atoms with Gasteiger partial charge >= 0.3 is 0 Å². The molecule has 0 aromatic carbocycles. The molecule has 1 heterocycles. The number of aliphatic imine (C=N–C) groups is 1. The fraction of sp³-hybridized carbons (Fsp3) is 0.625. The third kappa shape index (κ3) is 1.60. The Morgan fingerprint density at radius 1 is 1.55 bits per heavy atom. The van der Waals surface area contributed by atoms with Crippen molar-refractivity contribution in [3.8, 4) is 0 Å². The van der Waals surface area contributed by atoms with Gasteiger partial charge in [-0.3, -0.25) is 4.99 Å². The maximum absolute atomic E-state index is 5.76. The van der Waals surface area contributed by atoms with Crippen LogP contribution in [0.15, 0.2) is 17.1 Å². The smallest absolute Gasteiger partial charge is 0.115 e. The summed E-state index contributed by atoms with van der Waals surface area (Å²) >= 11 is 0. The molecular formula is C8H13N3. The zero-order valence-corrected chi connectivity index (χ0v) is 6.46. The van der Waals surface area contributed by atoms with Crippen molar-refractivity contribution in [1.29, 1.82) is 0 Å². The van der Waals surface area contributed by atoms with Crippen LogP contribution in [0.3, 0.4) is 0 Å². The number of amidine groups is 1. The fourth-order valence-corrected chi connectivity index (χ4v) is 1.17. The van der Waals surface area contributed by atoms with E-state index in [-0.39, 0.29) is 6.04 Å². The average molecular weight is 151 g/mol. The summed E-state index contributed by atoms with van der Waals surface area (Å²) in [6.07, 6.45) is 6.59. The van der Waals surface area contributed by atoms with Gasteiger partial charge in [-0.2, -0.15) is 0 Å². The van der Waals surface area contributed by atoms with Gasteiger partial charge in [-0.05, 0) is 12.8 Å². The Labute approximate surface area is 66.4 Å². The third-order valence-corrected chi connectivity index (χ3v) is 1.98. The van der Waals surface area contributed by atoms with Gasteiger partial charge < -0.3 is 11.1 Å². The maximum Gasteiger partial charge on any atom is 0.115 e. The molecule has 0 spiro atoms. The monoisotopic (exact) mass is 151 g/mol.